The van der Waals surface area contributed by atoms with Crippen LogP contribution in [0.3, 0.4) is 0 Å². The van der Waals surface area contributed by atoms with E-state index in [-0.39, 0.29) is 17.9 Å². The zero-order chi connectivity index (χ0) is 14.2. The molecular formula is C13H23N3O3. The lowest BCUT2D eigenvalue weighted by atomic mass is 9.90. The van der Waals surface area contributed by atoms with E-state index in [1.165, 1.54) is 0 Å². The quantitative estimate of drug-likeness (QED) is 0.727. The van der Waals surface area contributed by atoms with Gasteiger partial charge in [0.1, 0.15) is 0 Å². The summed E-state index contributed by atoms with van der Waals surface area (Å²) >= 11 is 0. The Morgan fingerprint density at radius 3 is 2.11 bits per heavy atom. The van der Waals surface area contributed by atoms with Crippen LogP contribution in [0.1, 0.15) is 19.8 Å². The van der Waals surface area contributed by atoms with Gasteiger partial charge in [0.15, 0.2) is 0 Å². The lowest BCUT2D eigenvalue weighted by molar-refractivity contribution is -0.157. The summed E-state index contributed by atoms with van der Waals surface area (Å²) in [6, 6.07) is 0.0118. The van der Waals surface area contributed by atoms with Crippen molar-refractivity contribution in [1.82, 2.24) is 14.7 Å². The van der Waals surface area contributed by atoms with E-state index < -0.39 is 5.60 Å². The number of nitrogens with zero attached hydrogens (tertiary/aromatic N) is 3. The standard InChI is InChI=1S/C13H23N3O3/c1-13(19)8-16(9-13)11(17)10-4-6-15(7-5-10)12(18)14(2)3/h10,19H,4-9H2,1-3H3. The summed E-state index contributed by atoms with van der Waals surface area (Å²) in [6.07, 6.45) is 1.44. The Labute approximate surface area is 114 Å². The molecule has 6 heteroatoms. The monoisotopic (exact) mass is 269 g/mol. The van der Waals surface area contributed by atoms with Gasteiger partial charge in [0.05, 0.1) is 18.7 Å². The van der Waals surface area contributed by atoms with E-state index in [9.17, 15) is 14.7 Å². The first kappa shape index (κ1) is 14.1. The third kappa shape index (κ3) is 3.00. The SMILES string of the molecule is CN(C)C(=O)N1CCC(C(=O)N2CC(C)(O)C2)CC1. The van der Waals surface area contributed by atoms with Crippen LogP contribution in [0, 0.1) is 5.92 Å². The van der Waals surface area contributed by atoms with Crippen molar-refractivity contribution in [3.8, 4) is 0 Å². The minimum absolute atomic E-state index is 0.00214. The maximum Gasteiger partial charge on any atom is 0.319 e. The number of likely N-dealkylation sites (tertiary alicyclic amines) is 2. The first-order chi connectivity index (χ1) is 8.80. The zero-order valence-electron chi connectivity index (χ0n) is 11.9. The van der Waals surface area contributed by atoms with E-state index >= 15 is 0 Å². The van der Waals surface area contributed by atoms with E-state index in [0.29, 0.717) is 26.2 Å². The average Bonchev–Trinajstić information content (AvgIpc) is 2.34. The van der Waals surface area contributed by atoms with Gasteiger partial charge >= 0.3 is 6.03 Å². The number of piperidine rings is 1. The molecule has 0 spiro atoms. The third-order valence-electron chi connectivity index (χ3n) is 3.87. The molecule has 108 valence electrons. The summed E-state index contributed by atoms with van der Waals surface area (Å²) in [5.74, 6) is 0.130. The first-order valence-electron chi connectivity index (χ1n) is 6.77. The van der Waals surface area contributed by atoms with Crippen molar-refractivity contribution in [2.45, 2.75) is 25.4 Å². The highest BCUT2D eigenvalue weighted by atomic mass is 16.3. The highest BCUT2D eigenvalue weighted by Gasteiger charge is 2.42. The van der Waals surface area contributed by atoms with Crippen molar-refractivity contribution < 1.29 is 14.7 Å². The minimum Gasteiger partial charge on any atom is -0.386 e. The molecule has 2 aliphatic heterocycles. The molecule has 0 aromatic rings. The molecule has 19 heavy (non-hydrogen) atoms. The second-order valence-electron chi connectivity index (χ2n) is 6.13. The largest absolute Gasteiger partial charge is 0.386 e. The fourth-order valence-electron chi connectivity index (χ4n) is 2.79. The molecule has 0 atom stereocenters. The van der Waals surface area contributed by atoms with Gasteiger partial charge in [-0.25, -0.2) is 4.79 Å². The zero-order valence-corrected chi connectivity index (χ0v) is 11.9. The van der Waals surface area contributed by atoms with Crippen LogP contribution in [0.4, 0.5) is 4.79 Å². The van der Waals surface area contributed by atoms with Crippen LogP contribution in [0.15, 0.2) is 0 Å². The maximum absolute atomic E-state index is 12.2. The Morgan fingerprint density at radius 1 is 1.16 bits per heavy atom. The molecule has 0 unspecified atom stereocenters. The molecule has 3 amide bonds. The number of carbonyl (C=O) groups excluding carboxylic acids is 2. The highest BCUT2D eigenvalue weighted by molar-refractivity contribution is 5.80. The molecule has 6 nitrogen and oxygen atoms in total. The predicted molar refractivity (Wildman–Crippen MR) is 70.6 cm³/mol. The van der Waals surface area contributed by atoms with E-state index in [4.69, 9.17) is 0 Å². The van der Waals surface area contributed by atoms with Gasteiger partial charge in [-0.2, -0.15) is 0 Å². The Balaban J connectivity index is 1.80. The van der Waals surface area contributed by atoms with Gasteiger partial charge in [-0.1, -0.05) is 0 Å². The molecule has 0 aromatic carbocycles. The van der Waals surface area contributed by atoms with Crippen LogP contribution in [-0.4, -0.2) is 77.6 Å². The van der Waals surface area contributed by atoms with Crippen molar-refractivity contribution >= 4 is 11.9 Å². The Morgan fingerprint density at radius 2 is 1.68 bits per heavy atom. The van der Waals surface area contributed by atoms with Gasteiger partial charge in [0, 0.05) is 33.1 Å². The Bertz CT molecular complexity index is 365. The number of hydrogen-bond donors (Lipinski definition) is 1. The Kier molecular flexibility index (Phi) is 3.71. The topological polar surface area (TPSA) is 64.1 Å². The maximum atomic E-state index is 12.2. The van der Waals surface area contributed by atoms with Crippen LogP contribution in [0.5, 0.6) is 0 Å². The summed E-state index contributed by atoms with van der Waals surface area (Å²) in [6.45, 7) is 3.88. The molecular weight excluding hydrogens is 246 g/mol. The summed E-state index contributed by atoms with van der Waals surface area (Å²) in [5, 5.41) is 9.65. The summed E-state index contributed by atoms with van der Waals surface area (Å²) in [4.78, 5) is 29.0. The third-order valence-corrected chi connectivity index (χ3v) is 3.87. The van der Waals surface area contributed by atoms with Gasteiger partial charge < -0.3 is 19.8 Å². The first-order valence-corrected chi connectivity index (χ1v) is 6.77. The van der Waals surface area contributed by atoms with Crippen molar-refractivity contribution in [1.29, 1.82) is 0 Å². The van der Waals surface area contributed by atoms with Crippen LogP contribution in [-0.2, 0) is 4.79 Å². The molecule has 2 rings (SSSR count). The van der Waals surface area contributed by atoms with Gasteiger partial charge in [-0.15, -0.1) is 0 Å². The minimum atomic E-state index is -0.711. The van der Waals surface area contributed by atoms with Crippen molar-refractivity contribution in [2.75, 3.05) is 40.3 Å². The molecule has 2 heterocycles. The van der Waals surface area contributed by atoms with E-state index in [0.717, 1.165) is 12.8 Å². The predicted octanol–water partition coefficient (Wildman–Crippen LogP) is -0.0268. The summed E-state index contributed by atoms with van der Waals surface area (Å²) in [7, 11) is 3.48. The molecule has 0 aliphatic carbocycles. The van der Waals surface area contributed by atoms with Crippen molar-refractivity contribution in [3.05, 3.63) is 0 Å². The van der Waals surface area contributed by atoms with Crippen LogP contribution < -0.4 is 0 Å². The molecule has 2 saturated heterocycles. The van der Waals surface area contributed by atoms with Crippen LogP contribution >= 0.6 is 0 Å². The fraction of sp³-hybridized carbons (Fsp3) is 0.846. The average molecular weight is 269 g/mol. The van der Waals surface area contributed by atoms with Gasteiger partial charge in [-0.3, -0.25) is 4.79 Å². The number of amides is 3. The lowest BCUT2D eigenvalue weighted by Crippen LogP contribution is -2.63. The smallest absolute Gasteiger partial charge is 0.319 e. The molecule has 0 bridgehead atoms. The lowest BCUT2D eigenvalue weighted by Gasteiger charge is -2.46. The molecule has 0 aromatic heterocycles. The van der Waals surface area contributed by atoms with E-state index in [2.05, 4.69) is 0 Å². The van der Waals surface area contributed by atoms with Crippen molar-refractivity contribution in [3.63, 3.8) is 0 Å². The number of aliphatic hydroxyl groups is 1. The van der Waals surface area contributed by atoms with Gasteiger partial charge in [-0.05, 0) is 19.8 Å². The summed E-state index contributed by atoms with van der Waals surface area (Å²) < 4.78 is 0. The number of carbonyl (C=O) groups is 2. The molecule has 2 aliphatic rings. The normalized spacial score (nSPS) is 22.9. The van der Waals surface area contributed by atoms with E-state index in [1.807, 2.05) is 0 Å². The van der Waals surface area contributed by atoms with Crippen molar-refractivity contribution in [2.24, 2.45) is 5.92 Å². The number of β-amino-alcohol motifs (C(OH)–C–C–N with tert-alkyl or cyclic N) is 1. The molecule has 0 saturated carbocycles. The summed E-state index contributed by atoms with van der Waals surface area (Å²) in [5.41, 5.74) is -0.711. The van der Waals surface area contributed by atoms with Gasteiger partial charge in [0.25, 0.3) is 0 Å². The number of urea groups is 1. The number of hydrogen-bond acceptors (Lipinski definition) is 3. The van der Waals surface area contributed by atoms with Crippen LogP contribution in [0.2, 0.25) is 0 Å². The highest BCUT2D eigenvalue weighted by Crippen LogP contribution is 2.26. The molecule has 1 N–H and O–H groups in total. The second-order valence-corrected chi connectivity index (χ2v) is 6.13. The fourth-order valence-corrected chi connectivity index (χ4v) is 2.79. The second kappa shape index (κ2) is 5.00. The van der Waals surface area contributed by atoms with Crippen LogP contribution in [0.25, 0.3) is 0 Å². The number of rotatable bonds is 1. The van der Waals surface area contributed by atoms with E-state index in [1.54, 1.807) is 35.7 Å². The molecule has 2 fully saturated rings. The Hall–Kier alpha value is -1.30. The molecule has 0 radical (unpaired) electrons. The van der Waals surface area contributed by atoms with Gasteiger partial charge in [0.2, 0.25) is 5.91 Å².